The van der Waals surface area contributed by atoms with Gasteiger partial charge in [0.2, 0.25) is 0 Å². The molecule has 0 radical (unpaired) electrons. The standard InChI is InChI=1S/C27H17Cl3F3N3O/c1-15-25-21(27(31,32)33)13-24(34-26(25)36(35-15)18-5-2-4-17(28)12-18)16-8-10-19(11-9-16)37-14-20-22(29)6-3-7-23(20)30/h2-13H,14H2,1H3. The van der Waals surface area contributed by atoms with Gasteiger partial charge in [0.05, 0.1) is 28.0 Å². The van der Waals surface area contributed by atoms with Crippen molar-refractivity contribution in [3.05, 3.63) is 105 Å². The van der Waals surface area contributed by atoms with Gasteiger partial charge in [0, 0.05) is 26.2 Å². The molecular weight excluding hydrogens is 546 g/mol. The molecule has 4 nitrogen and oxygen atoms in total. The van der Waals surface area contributed by atoms with Gasteiger partial charge in [-0.25, -0.2) is 9.67 Å². The Balaban J connectivity index is 1.55. The topological polar surface area (TPSA) is 39.9 Å². The molecule has 0 aliphatic heterocycles. The Labute approximate surface area is 225 Å². The summed E-state index contributed by atoms with van der Waals surface area (Å²) >= 11 is 18.5. The zero-order valence-corrected chi connectivity index (χ0v) is 21.4. The highest BCUT2D eigenvalue weighted by Crippen LogP contribution is 2.39. The third-order valence-corrected chi connectivity index (χ3v) is 6.71. The zero-order valence-electron chi connectivity index (χ0n) is 19.2. The van der Waals surface area contributed by atoms with Crippen LogP contribution in [0.4, 0.5) is 13.2 Å². The average Bonchev–Trinajstić information content (AvgIpc) is 3.19. The number of aromatic nitrogens is 3. The van der Waals surface area contributed by atoms with E-state index in [0.717, 1.165) is 6.07 Å². The second-order valence-corrected chi connectivity index (χ2v) is 9.49. The van der Waals surface area contributed by atoms with E-state index in [0.29, 0.717) is 37.6 Å². The van der Waals surface area contributed by atoms with Gasteiger partial charge in [-0.15, -0.1) is 0 Å². The van der Waals surface area contributed by atoms with Gasteiger partial charge in [-0.1, -0.05) is 46.9 Å². The monoisotopic (exact) mass is 561 g/mol. The van der Waals surface area contributed by atoms with E-state index in [4.69, 9.17) is 39.5 Å². The Morgan fingerprint density at radius 3 is 2.22 bits per heavy atom. The number of pyridine rings is 1. The summed E-state index contributed by atoms with van der Waals surface area (Å²) in [5.74, 6) is 0.497. The Bertz CT molecular complexity index is 1600. The minimum absolute atomic E-state index is 0.0622. The van der Waals surface area contributed by atoms with Crippen molar-refractivity contribution in [1.29, 1.82) is 0 Å². The first-order valence-electron chi connectivity index (χ1n) is 11.0. The van der Waals surface area contributed by atoms with Crippen LogP contribution in [-0.2, 0) is 12.8 Å². The number of ether oxygens (including phenoxy) is 1. The molecule has 0 atom stereocenters. The molecule has 3 aromatic carbocycles. The summed E-state index contributed by atoms with van der Waals surface area (Å²) in [4.78, 5) is 4.57. The van der Waals surface area contributed by atoms with Gasteiger partial charge in [-0.3, -0.25) is 0 Å². The summed E-state index contributed by atoms with van der Waals surface area (Å²) in [6.45, 7) is 1.66. The quantitative estimate of drug-likeness (QED) is 0.215. The van der Waals surface area contributed by atoms with E-state index in [9.17, 15) is 13.2 Å². The van der Waals surface area contributed by atoms with Gasteiger partial charge >= 0.3 is 6.18 Å². The zero-order chi connectivity index (χ0) is 26.3. The summed E-state index contributed by atoms with van der Waals surface area (Å²) in [5.41, 5.74) is 1.25. The number of halogens is 6. The molecular formula is C27H17Cl3F3N3O. The predicted molar refractivity (Wildman–Crippen MR) is 140 cm³/mol. The van der Waals surface area contributed by atoms with Gasteiger partial charge in [0.1, 0.15) is 12.4 Å². The molecule has 10 heteroatoms. The molecule has 188 valence electrons. The molecule has 2 heterocycles. The Morgan fingerprint density at radius 2 is 1.57 bits per heavy atom. The first kappa shape index (κ1) is 25.4. The van der Waals surface area contributed by atoms with Gasteiger partial charge in [-0.05, 0) is 67.6 Å². The number of alkyl halides is 3. The Kier molecular flexibility index (Phi) is 6.79. The van der Waals surface area contributed by atoms with E-state index >= 15 is 0 Å². The lowest BCUT2D eigenvalue weighted by Crippen LogP contribution is -2.08. The number of rotatable bonds is 5. The largest absolute Gasteiger partial charge is 0.489 e. The van der Waals surface area contributed by atoms with Crippen LogP contribution < -0.4 is 4.74 Å². The maximum absolute atomic E-state index is 14.1. The molecule has 0 bridgehead atoms. The fourth-order valence-corrected chi connectivity index (χ4v) is 4.69. The Morgan fingerprint density at radius 1 is 0.892 bits per heavy atom. The van der Waals surface area contributed by atoms with E-state index in [1.165, 1.54) is 11.6 Å². The SMILES string of the molecule is Cc1nn(-c2cccc(Cl)c2)c2nc(-c3ccc(OCc4c(Cl)cccc4Cl)cc3)cc(C(F)(F)F)c12. The summed E-state index contributed by atoms with van der Waals surface area (Å²) in [6.07, 6.45) is -4.61. The number of hydrogen-bond donors (Lipinski definition) is 0. The van der Waals surface area contributed by atoms with Crippen molar-refractivity contribution >= 4 is 45.8 Å². The van der Waals surface area contributed by atoms with Gasteiger partial charge in [-0.2, -0.15) is 18.3 Å². The van der Waals surface area contributed by atoms with E-state index in [-0.39, 0.29) is 29.0 Å². The van der Waals surface area contributed by atoms with Crippen LogP contribution in [0.5, 0.6) is 5.75 Å². The minimum Gasteiger partial charge on any atom is -0.489 e. The van der Waals surface area contributed by atoms with Gasteiger partial charge < -0.3 is 4.74 Å². The van der Waals surface area contributed by atoms with E-state index < -0.39 is 11.7 Å². The van der Waals surface area contributed by atoms with Crippen LogP contribution in [-0.4, -0.2) is 14.8 Å². The molecule has 5 rings (SSSR count). The smallest absolute Gasteiger partial charge is 0.417 e. The highest BCUT2D eigenvalue weighted by Gasteiger charge is 2.36. The van der Waals surface area contributed by atoms with Crippen molar-refractivity contribution in [2.45, 2.75) is 19.7 Å². The molecule has 0 saturated heterocycles. The molecule has 0 fully saturated rings. The van der Waals surface area contributed by atoms with Crippen LogP contribution in [0.1, 0.15) is 16.8 Å². The van der Waals surface area contributed by atoms with Crippen LogP contribution in [0.25, 0.3) is 28.0 Å². The molecule has 0 unspecified atom stereocenters. The lowest BCUT2D eigenvalue weighted by molar-refractivity contribution is -0.136. The molecule has 2 aromatic heterocycles. The maximum atomic E-state index is 14.1. The van der Waals surface area contributed by atoms with Gasteiger partial charge in [0.25, 0.3) is 0 Å². The second-order valence-electron chi connectivity index (χ2n) is 8.24. The molecule has 0 aliphatic rings. The number of fused-ring (bicyclic) bond motifs is 1. The third kappa shape index (κ3) is 5.12. The number of benzene rings is 3. The lowest BCUT2D eigenvalue weighted by Gasteiger charge is -2.13. The fourth-order valence-electron chi connectivity index (χ4n) is 4.00. The Hall–Kier alpha value is -3.26. The van der Waals surface area contributed by atoms with Gasteiger partial charge in [0.15, 0.2) is 5.65 Å². The van der Waals surface area contributed by atoms with Crippen molar-refractivity contribution in [3.63, 3.8) is 0 Å². The first-order valence-corrected chi connectivity index (χ1v) is 12.1. The lowest BCUT2D eigenvalue weighted by atomic mass is 10.0. The average molecular weight is 563 g/mol. The summed E-state index contributed by atoms with van der Waals surface area (Å²) < 4.78 is 49.6. The second kappa shape index (κ2) is 9.89. The summed E-state index contributed by atoms with van der Waals surface area (Å²) in [5, 5.41) is 5.67. The highest BCUT2D eigenvalue weighted by molar-refractivity contribution is 6.36. The molecule has 0 amide bonds. The molecule has 0 spiro atoms. The maximum Gasteiger partial charge on any atom is 0.417 e. The number of hydrogen-bond acceptors (Lipinski definition) is 3. The summed E-state index contributed by atoms with van der Waals surface area (Å²) in [7, 11) is 0. The third-order valence-electron chi connectivity index (χ3n) is 5.77. The molecule has 0 aliphatic carbocycles. The molecule has 0 saturated carbocycles. The van der Waals surface area contributed by atoms with Crippen molar-refractivity contribution in [3.8, 4) is 22.7 Å². The van der Waals surface area contributed by atoms with Crippen LogP contribution in [0.15, 0.2) is 72.8 Å². The van der Waals surface area contributed by atoms with Crippen LogP contribution in [0, 0.1) is 6.92 Å². The van der Waals surface area contributed by atoms with Crippen molar-refractivity contribution < 1.29 is 17.9 Å². The van der Waals surface area contributed by atoms with E-state index in [1.807, 2.05) is 0 Å². The van der Waals surface area contributed by atoms with Crippen molar-refractivity contribution in [2.75, 3.05) is 0 Å². The molecule has 5 aromatic rings. The minimum atomic E-state index is -4.61. The molecule has 37 heavy (non-hydrogen) atoms. The number of aryl methyl sites for hydroxylation is 1. The van der Waals surface area contributed by atoms with Crippen LogP contribution in [0.2, 0.25) is 15.1 Å². The fraction of sp³-hybridized carbons (Fsp3) is 0.111. The van der Waals surface area contributed by atoms with E-state index in [1.54, 1.807) is 66.7 Å². The van der Waals surface area contributed by atoms with Crippen LogP contribution in [0.3, 0.4) is 0 Å². The molecule has 0 N–H and O–H groups in total. The van der Waals surface area contributed by atoms with Crippen LogP contribution >= 0.6 is 34.8 Å². The normalized spacial score (nSPS) is 11.8. The number of nitrogens with zero attached hydrogens (tertiary/aromatic N) is 3. The summed E-state index contributed by atoms with van der Waals surface area (Å²) in [6, 6.07) is 19.5. The highest BCUT2D eigenvalue weighted by atomic mass is 35.5. The van der Waals surface area contributed by atoms with Crippen molar-refractivity contribution in [1.82, 2.24) is 14.8 Å². The van der Waals surface area contributed by atoms with Crippen molar-refractivity contribution in [2.24, 2.45) is 0 Å². The van der Waals surface area contributed by atoms with E-state index in [2.05, 4.69) is 10.1 Å². The predicted octanol–water partition coefficient (Wildman–Crippen LogP) is 8.95. The first-order chi connectivity index (χ1) is 17.6.